The van der Waals surface area contributed by atoms with E-state index in [9.17, 15) is 13.6 Å². The van der Waals surface area contributed by atoms with Gasteiger partial charge in [-0.05, 0) is 36.4 Å². The first-order valence-electron chi connectivity index (χ1n) is 8.20. The van der Waals surface area contributed by atoms with E-state index >= 15 is 0 Å². The minimum absolute atomic E-state index is 0.00937. The summed E-state index contributed by atoms with van der Waals surface area (Å²) in [6, 6.07) is 9.74. The highest BCUT2D eigenvalue weighted by Gasteiger charge is 2.15. The Bertz CT molecular complexity index is 1230. The van der Waals surface area contributed by atoms with E-state index in [4.69, 9.17) is 11.6 Å². The number of benzene rings is 2. The Morgan fingerprint density at radius 2 is 1.79 bits per heavy atom. The normalized spacial score (nSPS) is 11.0. The second kappa shape index (κ2) is 7.32. The molecule has 28 heavy (non-hydrogen) atoms. The van der Waals surface area contributed by atoms with Gasteiger partial charge in [-0.1, -0.05) is 17.7 Å². The van der Waals surface area contributed by atoms with Crippen LogP contribution in [-0.2, 0) is 6.54 Å². The topological polar surface area (TPSA) is 72.7 Å². The minimum Gasteiger partial charge on any atom is -0.317 e. The molecule has 2 aromatic heterocycles. The van der Waals surface area contributed by atoms with Gasteiger partial charge in [0.05, 0.1) is 6.54 Å². The van der Waals surface area contributed by atoms with Crippen molar-refractivity contribution < 1.29 is 8.78 Å². The molecule has 1 N–H and O–H groups in total. The molecule has 0 saturated carbocycles. The summed E-state index contributed by atoms with van der Waals surface area (Å²) >= 11 is 5.77. The lowest BCUT2D eigenvalue weighted by Crippen LogP contribution is -2.32. The first-order valence-corrected chi connectivity index (χ1v) is 8.58. The number of aromatic nitrogens is 4. The maximum Gasteiger partial charge on any atom is 0.300 e. The molecule has 0 atom stereocenters. The molecule has 4 rings (SSSR count). The van der Waals surface area contributed by atoms with Crippen LogP contribution in [0, 0.1) is 11.6 Å². The van der Waals surface area contributed by atoms with Gasteiger partial charge in [0.25, 0.3) is 0 Å². The monoisotopic (exact) mass is 399 g/mol. The summed E-state index contributed by atoms with van der Waals surface area (Å²) < 4.78 is 28.5. The average molecular weight is 400 g/mol. The van der Waals surface area contributed by atoms with Crippen molar-refractivity contribution in [1.82, 2.24) is 19.6 Å². The molecule has 6 nitrogen and oxygen atoms in total. The molecule has 0 unspecified atom stereocenters. The summed E-state index contributed by atoms with van der Waals surface area (Å²) in [5.41, 5.74) is 3.35. The van der Waals surface area contributed by atoms with E-state index in [0.717, 1.165) is 4.68 Å². The molecular weight excluding hydrogens is 388 g/mol. The van der Waals surface area contributed by atoms with Crippen LogP contribution in [0.1, 0.15) is 5.56 Å². The number of nitrogens with one attached hydrogen (secondary N) is 1. The van der Waals surface area contributed by atoms with E-state index in [1.807, 2.05) is 0 Å². The SMILES string of the molecule is O=c1c2nccnc2nc(-c2ccc(F)cc2)n1NCc1ccc(Cl)cc1F. The standard InChI is InChI=1S/C19H12ClF2N5O/c20-13-4-1-12(15(22)9-13)10-25-27-18(11-2-5-14(21)6-3-11)26-17-16(19(27)28)23-7-8-24-17/h1-9,25H,10H2. The summed E-state index contributed by atoms with van der Waals surface area (Å²) in [7, 11) is 0. The zero-order valence-electron chi connectivity index (χ0n) is 14.2. The van der Waals surface area contributed by atoms with E-state index in [0.29, 0.717) is 11.1 Å². The smallest absolute Gasteiger partial charge is 0.300 e. The highest BCUT2D eigenvalue weighted by molar-refractivity contribution is 6.30. The zero-order valence-corrected chi connectivity index (χ0v) is 15.0. The first kappa shape index (κ1) is 18.0. The van der Waals surface area contributed by atoms with E-state index in [-0.39, 0.29) is 28.6 Å². The van der Waals surface area contributed by atoms with Gasteiger partial charge in [-0.15, -0.1) is 0 Å². The van der Waals surface area contributed by atoms with Crippen molar-refractivity contribution >= 4 is 22.8 Å². The van der Waals surface area contributed by atoms with Crippen molar-refractivity contribution in [2.45, 2.75) is 6.54 Å². The Hall–Kier alpha value is -3.39. The fraction of sp³-hybridized carbons (Fsp3) is 0.0526. The molecule has 0 amide bonds. The van der Waals surface area contributed by atoms with Crippen molar-refractivity contribution in [3.63, 3.8) is 0 Å². The van der Waals surface area contributed by atoms with Gasteiger partial charge in [-0.3, -0.25) is 4.79 Å². The maximum absolute atomic E-state index is 14.1. The van der Waals surface area contributed by atoms with Crippen LogP contribution in [-0.4, -0.2) is 19.6 Å². The summed E-state index contributed by atoms with van der Waals surface area (Å²) in [5, 5.41) is 0.271. The Labute approximate surface area is 162 Å². The molecule has 140 valence electrons. The molecule has 0 saturated heterocycles. The number of hydrogen-bond acceptors (Lipinski definition) is 5. The number of nitrogens with zero attached hydrogens (tertiary/aromatic N) is 4. The Kier molecular flexibility index (Phi) is 4.70. The van der Waals surface area contributed by atoms with Gasteiger partial charge in [0, 0.05) is 28.5 Å². The second-order valence-corrected chi connectivity index (χ2v) is 6.32. The fourth-order valence-corrected chi connectivity index (χ4v) is 2.84. The lowest BCUT2D eigenvalue weighted by molar-refractivity contribution is 0.607. The number of rotatable bonds is 4. The largest absolute Gasteiger partial charge is 0.317 e. The van der Waals surface area contributed by atoms with E-state index in [1.54, 1.807) is 6.07 Å². The predicted molar refractivity (Wildman–Crippen MR) is 101 cm³/mol. The highest BCUT2D eigenvalue weighted by atomic mass is 35.5. The molecule has 0 aliphatic rings. The number of hydrogen-bond donors (Lipinski definition) is 1. The van der Waals surface area contributed by atoms with Crippen molar-refractivity contribution in [2.75, 3.05) is 5.43 Å². The van der Waals surface area contributed by atoms with Gasteiger partial charge in [0.2, 0.25) is 0 Å². The van der Waals surface area contributed by atoms with E-state index < -0.39 is 17.2 Å². The van der Waals surface area contributed by atoms with Crippen molar-refractivity contribution in [2.24, 2.45) is 0 Å². The number of fused-ring (bicyclic) bond motifs is 1. The van der Waals surface area contributed by atoms with Crippen LogP contribution in [0.5, 0.6) is 0 Å². The predicted octanol–water partition coefficient (Wildman–Crippen LogP) is 3.53. The van der Waals surface area contributed by atoms with Crippen LogP contribution in [0.15, 0.2) is 59.7 Å². The molecule has 0 bridgehead atoms. The maximum atomic E-state index is 14.1. The molecule has 0 fully saturated rings. The molecule has 0 radical (unpaired) electrons. The molecule has 2 aromatic carbocycles. The first-order chi connectivity index (χ1) is 13.5. The third-order valence-corrected chi connectivity index (χ3v) is 4.29. The van der Waals surface area contributed by atoms with Crippen molar-refractivity contribution in [3.8, 4) is 11.4 Å². The van der Waals surface area contributed by atoms with Crippen LogP contribution >= 0.6 is 11.6 Å². The molecular formula is C19H12ClF2N5O. The van der Waals surface area contributed by atoms with Gasteiger partial charge in [0.15, 0.2) is 17.0 Å². The second-order valence-electron chi connectivity index (χ2n) is 5.88. The molecule has 0 aliphatic carbocycles. The Balaban J connectivity index is 1.82. The third kappa shape index (κ3) is 3.41. The average Bonchev–Trinajstić information content (AvgIpc) is 2.69. The van der Waals surface area contributed by atoms with Crippen LogP contribution in [0.2, 0.25) is 5.02 Å². The summed E-state index contributed by atoms with van der Waals surface area (Å²) in [4.78, 5) is 25.4. The van der Waals surface area contributed by atoms with E-state index in [2.05, 4.69) is 20.4 Å². The Morgan fingerprint density at radius 3 is 2.54 bits per heavy atom. The fourth-order valence-electron chi connectivity index (χ4n) is 2.68. The van der Waals surface area contributed by atoms with Crippen LogP contribution in [0.4, 0.5) is 8.78 Å². The van der Waals surface area contributed by atoms with Crippen molar-refractivity contribution in [3.05, 3.63) is 87.4 Å². The third-order valence-electron chi connectivity index (χ3n) is 4.05. The molecule has 4 aromatic rings. The molecule has 9 heteroatoms. The van der Waals surface area contributed by atoms with Crippen LogP contribution < -0.4 is 11.0 Å². The van der Waals surface area contributed by atoms with Gasteiger partial charge in [-0.2, -0.15) is 0 Å². The lowest BCUT2D eigenvalue weighted by Gasteiger charge is -2.15. The summed E-state index contributed by atoms with van der Waals surface area (Å²) in [5.74, 6) is -0.730. The van der Waals surface area contributed by atoms with E-state index in [1.165, 1.54) is 48.8 Å². The number of halogens is 3. The molecule has 0 spiro atoms. The van der Waals surface area contributed by atoms with Gasteiger partial charge < -0.3 is 5.43 Å². The van der Waals surface area contributed by atoms with Gasteiger partial charge >= 0.3 is 5.56 Å². The van der Waals surface area contributed by atoms with Gasteiger partial charge in [0.1, 0.15) is 11.6 Å². The van der Waals surface area contributed by atoms with Gasteiger partial charge in [-0.25, -0.2) is 28.4 Å². The Morgan fingerprint density at radius 1 is 1.04 bits per heavy atom. The van der Waals surface area contributed by atoms with Crippen LogP contribution in [0.3, 0.4) is 0 Å². The zero-order chi connectivity index (χ0) is 19.7. The quantitative estimate of drug-likeness (QED) is 0.568. The molecule has 2 heterocycles. The minimum atomic E-state index is -0.509. The summed E-state index contributed by atoms with van der Waals surface area (Å²) in [6.45, 7) is -0.00937. The summed E-state index contributed by atoms with van der Waals surface area (Å²) in [6.07, 6.45) is 2.80. The van der Waals surface area contributed by atoms with Crippen molar-refractivity contribution in [1.29, 1.82) is 0 Å². The molecule has 0 aliphatic heterocycles. The highest BCUT2D eigenvalue weighted by Crippen LogP contribution is 2.18. The lowest BCUT2D eigenvalue weighted by atomic mass is 10.2. The van der Waals surface area contributed by atoms with Crippen LogP contribution in [0.25, 0.3) is 22.6 Å².